The molecule has 5 rings (SSSR count). The van der Waals surface area contributed by atoms with Gasteiger partial charge in [-0.2, -0.15) is 0 Å². The van der Waals surface area contributed by atoms with E-state index < -0.39 is 10.9 Å². The summed E-state index contributed by atoms with van der Waals surface area (Å²) >= 11 is 0. The van der Waals surface area contributed by atoms with Gasteiger partial charge in [0.15, 0.2) is 0 Å². The van der Waals surface area contributed by atoms with Crippen molar-refractivity contribution < 1.29 is 18.9 Å². The number of furan rings is 1. The maximum atomic E-state index is 13.2. The largest absolute Gasteiger partial charge is 0.460 e. The van der Waals surface area contributed by atoms with Gasteiger partial charge in [-0.25, -0.2) is 9.78 Å². The number of pyridine rings is 1. The van der Waals surface area contributed by atoms with Crippen molar-refractivity contribution in [3.63, 3.8) is 0 Å². The SMILES string of the molecule is CC1=CC(c2ccc(-c3cccc([N+](=O)[O-])c3)nc2)C(C(=O)OC/C=C/c2ccc(Cn3ccnc3)o2)=C(C)N1. The Balaban J connectivity index is 1.26. The number of non-ortho nitro benzene ring substituents is 1. The van der Waals surface area contributed by atoms with Crippen LogP contribution in [0.25, 0.3) is 17.3 Å². The number of carbonyl (C=O) groups is 1. The fourth-order valence-electron chi connectivity index (χ4n) is 4.55. The second kappa shape index (κ2) is 11.6. The highest BCUT2D eigenvalue weighted by molar-refractivity contribution is 5.92. The molecule has 0 saturated heterocycles. The number of esters is 1. The number of hydrogen-bond acceptors (Lipinski definition) is 8. The maximum absolute atomic E-state index is 13.2. The Bertz CT molecular complexity index is 1610. The number of nitrogens with zero attached hydrogens (tertiary/aromatic N) is 4. The summed E-state index contributed by atoms with van der Waals surface area (Å²) in [5.41, 5.74) is 4.15. The van der Waals surface area contributed by atoms with Crippen molar-refractivity contribution in [3.05, 3.63) is 130 Å². The summed E-state index contributed by atoms with van der Waals surface area (Å²) < 4.78 is 13.3. The van der Waals surface area contributed by atoms with E-state index in [1.807, 2.05) is 48.9 Å². The van der Waals surface area contributed by atoms with E-state index in [0.29, 0.717) is 34.8 Å². The third-order valence-corrected chi connectivity index (χ3v) is 6.41. The average molecular weight is 538 g/mol. The van der Waals surface area contributed by atoms with Crippen LogP contribution in [0.2, 0.25) is 0 Å². The zero-order valence-corrected chi connectivity index (χ0v) is 22.0. The predicted octanol–water partition coefficient (Wildman–Crippen LogP) is 5.62. The van der Waals surface area contributed by atoms with Crippen molar-refractivity contribution in [2.75, 3.05) is 6.61 Å². The molecule has 4 aromatic rings. The van der Waals surface area contributed by atoms with Crippen LogP contribution in [0.3, 0.4) is 0 Å². The van der Waals surface area contributed by atoms with E-state index in [0.717, 1.165) is 17.0 Å². The number of nitro benzene ring substituents is 1. The van der Waals surface area contributed by atoms with Crippen LogP contribution in [-0.2, 0) is 16.1 Å². The van der Waals surface area contributed by atoms with Crippen molar-refractivity contribution in [2.45, 2.75) is 26.3 Å². The van der Waals surface area contributed by atoms with E-state index in [1.54, 1.807) is 49.1 Å². The number of allylic oxidation sites excluding steroid dienone is 3. The van der Waals surface area contributed by atoms with Gasteiger partial charge < -0.3 is 19.0 Å². The fraction of sp³-hybridized carbons (Fsp3) is 0.167. The first kappa shape index (κ1) is 26.4. The smallest absolute Gasteiger partial charge is 0.337 e. The third-order valence-electron chi connectivity index (χ3n) is 6.41. The van der Waals surface area contributed by atoms with Crippen LogP contribution in [0.15, 0.2) is 107 Å². The van der Waals surface area contributed by atoms with Crippen molar-refractivity contribution >= 4 is 17.7 Å². The summed E-state index contributed by atoms with van der Waals surface area (Å²) in [6.07, 6.45) is 12.4. The van der Waals surface area contributed by atoms with Crippen LogP contribution >= 0.6 is 0 Å². The van der Waals surface area contributed by atoms with E-state index in [4.69, 9.17) is 9.15 Å². The minimum atomic E-state index is -0.439. The molecule has 1 aliphatic rings. The Morgan fingerprint density at radius 1 is 1.23 bits per heavy atom. The quantitative estimate of drug-likeness (QED) is 0.166. The first-order valence-electron chi connectivity index (χ1n) is 12.6. The molecule has 10 heteroatoms. The molecule has 202 valence electrons. The Labute approximate surface area is 230 Å². The number of benzene rings is 1. The number of imidazole rings is 1. The van der Waals surface area contributed by atoms with Gasteiger partial charge in [-0.15, -0.1) is 0 Å². The van der Waals surface area contributed by atoms with Gasteiger partial charge in [-0.3, -0.25) is 15.1 Å². The van der Waals surface area contributed by atoms with Gasteiger partial charge in [-0.05, 0) is 49.8 Å². The van der Waals surface area contributed by atoms with Gasteiger partial charge in [0.1, 0.15) is 18.1 Å². The van der Waals surface area contributed by atoms with Crippen LogP contribution < -0.4 is 5.32 Å². The Morgan fingerprint density at radius 2 is 2.10 bits per heavy atom. The zero-order chi connectivity index (χ0) is 28.1. The van der Waals surface area contributed by atoms with Gasteiger partial charge >= 0.3 is 5.97 Å². The van der Waals surface area contributed by atoms with Crippen LogP contribution in [0.5, 0.6) is 0 Å². The minimum absolute atomic E-state index is 0.0000938. The second-order valence-corrected chi connectivity index (χ2v) is 9.32. The summed E-state index contributed by atoms with van der Waals surface area (Å²) in [5, 5.41) is 14.4. The minimum Gasteiger partial charge on any atom is -0.460 e. The molecule has 40 heavy (non-hydrogen) atoms. The van der Waals surface area contributed by atoms with Gasteiger partial charge in [0, 0.05) is 53.6 Å². The number of nitro groups is 1. The molecule has 1 unspecified atom stereocenters. The summed E-state index contributed by atoms with van der Waals surface area (Å²) in [6.45, 7) is 4.42. The van der Waals surface area contributed by atoms with E-state index in [1.165, 1.54) is 12.1 Å². The number of carbonyl (C=O) groups excluding carboxylic acids is 1. The Hall–Kier alpha value is -5.25. The van der Waals surface area contributed by atoms with Gasteiger partial charge in [0.2, 0.25) is 0 Å². The van der Waals surface area contributed by atoms with E-state index >= 15 is 0 Å². The van der Waals surface area contributed by atoms with Gasteiger partial charge in [0.05, 0.1) is 29.1 Å². The number of dihydropyridines is 1. The van der Waals surface area contributed by atoms with E-state index in [2.05, 4.69) is 15.3 Å². The highest BCUT2D eigenvalue weighted by Crippen LogP contribution is 2.33. The first-order chi connectivity index (χ1) is 19.4. The lowest BCUT2D eigenvalue weighted by Crippen LogP contribution is -2.25. The summed E-state index contributed by atoms with van der Waals surface area (Å²) in [5.74, 6) is 0.651. The number of nitrogens with one attached hydrogen (secondary N) is 1. The number of aromatic nitrogens is 3. The molecule has 0 radical (unpaired) electrons. The molecule has 1 aromatic carbocycles. The Kier molecular flexibility index (Phi) is 7.68. The van der Waals surface area contributed by atoms with Crippen molar-refractivity contribution in [1.29, 1.82) is 0 Å². The molecule has 0 aliphatic carbocycles. The lowest BCUT2D eigenvalue weighted by Gasteiger charge is -2.25. The summed E-state index contributed by atoms with van der Waals surface area (Å²) in [6, 6.07) is 13.7. The standard InChI is InChI=1S/C30H27N5O5/c1-20-15-27(23-8-11-28(32-17-23)22-5-3-6-24(16-22)35(37)38)29(21(2)33-20)30(36)39-14-4-7-25-9-10-26(40-25)18-34-13-12-31-19-34/h3-13,15-17,19,27,33H,14,18H2,1-2H3/b7-4+. The molecule has 0 saturated carbocycles. The summed E-state index contributed by atoms with van der Waals surface area (Å²) in [4.78, 5) is 32.4. The normalized spacial score (nSPS) is 15.2. The molecule has 3 aromatic heterocycles. The van der Waals surface area contributed by atoms with Crippen molar-refractivity contribution in [2.24, 2.45) is 0 Å². The molecule has 1 aliphatic heterocycles. The second-order valence-electron chi connectivity index (χ2n) is 9.32. The van der Waals surface area contributed by atoms with Gasteiger partial charge in [-0.1, -0.05) is 24.3 Å². The average Bonchev–Trinajstić information content (AvgIpc) is 3.63. The fourth-order valence-corrected chi connectivity index (χ4v) is 4.55. The maximum Gasteiger partial charge on any atom is 0.337 e. The molecule has 0 spiro atoms. The molecule has 0 bridgehead atoms. The lowest BCUT2D eigenvalue weighted by atomic mass is 9.87. The molecule has 0 amide bonds. The van der Waals surface area contributed by atoms with Crippen LogP contribution in [-0.4, -0.2) is 32.0 Å². The van der Waals surface area contributed by atoms with E-state index in [-0.39, 0.29) is 18.2 Å². The topological polar surface area (TPSA) is 125 Å². The van der Waals surface area contributed by atoms with Crippen LogP contribution in [0.1, 0.15) is 36.8 Å². The lowest BCUT2D eigenvalue weighted by molar-refractivity contribution is -0.384. The number of ether oxygens (including phenoxy) is 1. The van der Waals surface area contributed by atoms with Crippen LogP contribution in [0.4, 0.5) is 5.69 Å². The molecule has 0 fully saturated rings. The van der Waals surface area contributed by atoms with E-state index in [9.17, 15) is 14.9 Å². The zero-order valence-electron chi connectivity index (χ0n) is 22.0. The Morgan fingerprint density at radius 3 is 2.85 bits per heavy atom. The predicted molar refractivity (Wildman–Crippen MR) is 149 cm³/mol. The highest BCUT2D eigenvalue weighted by atomic mass is 16.6. The molecule has 1 atom stereocenters. The molecule has 1 N–H and O–H groups in total. The molecular weight excluding hydrogens is 510 g/mol. The highest BCUT2D eigenvalue weighted by Gasteiger charge is 2.28. The third kappa shape index (κ3) is 6.07. The number of rotatable bonds is 9. The molecule has 4 heterocycles. The van der Waals surface area contributed by atoms with Crippen LogP contribution in [0, 0.1) is 10.1 Å². The summed E-state index contributed by atoms with van der Waals surface area (Å²) in [7, 11) is 0. The van der Waals surface area contributed by atoms with Crippen molar-refractivity contribution in [3.8, 4) is 11.3 Å². The van der Waals surface area contributed by atoms with Crippen molar-refractivity contribution in [1.82, 2.24) is 19.9 Å². The molecular formula is C30H27N5O5. The number of hydrogen-bond donors (Lipinski definition) is 1. The monoisotopic (exact) mass is 537 g/mol. The van der Waals surface area contributed by atoms with Gasteiger partial charge in [0.25, 0.3) is 5.69 Å². The molecule has 10 nitrogen and oxygen atoms in total. The first-order valence-corrected chi connectivity index (χ1v) is 12.6.